The van der Waals surface area contributed by atoms with E-state index in [2.05, 4.69) is 244 Å². The fraction of sp³-hybridized carbons (Fsp3) is 0. The Bertz CT molecular complexity index is 4070. The van der Waals surface area contributed by atoms with E-state index in [1.165, 1.54) is 21.5 Å². The maximum absolute atomic E-state index is 5.50. The highest BCUT2D eigenvalue weighted by Crippen LogP contribution is 2.43. The molecule has 14 aromatic rings. The molecule has 4 aromatic heterocycles. The maximum Gasteiger partial charge on any atom is 0.238 e. The minimum absolute atomic E-state index is 0.530. The fourth-order valence-electron chi connectivity index (χ4n) is 10.6. The van der Waals surface area contributed by atoms with Crippen molar-refractivity contribution in [2.75, 3.05) is 0 Å². The molecular weight excluding hydrogens is 841 g/mol. The van der Waals surface area contributed by atoms with Crippen molar-refractivity contribution in [2.24, 2.45) is 0 Å². The smallest absolute Gasteiger partial charge is 0.238 e. The lowest BCUT2D eigenvalue weighted by molar-refractivity contribution is 0.949. The molecule has 0 fully saturated rings. The highest BCUT2D eigenvalue weighted by atomic mass is 15.2. The van der Waals surface area contributed by atoms with Crippen LogP contribution >= 0.6 is 0 Å². The van der Waals surface area contributed by atoms with Gasteiger partial charge in [0.2, 0.25) is 5.95 Å². The third-order valence-corrected chi connectivity index (χ3v) is 13.7. The van der Waals surface area contributed by atoms with Gasteiger partial charge in [0.25, 0.3) is 0 Å². The van der Waals surface area contributed by atoms with E-state index in [0.29, 0.717) is 17.6 Å². The van der Waals surface area contributed by atoms with Crippen LogP contribution in [0, 0.1) is 0 Å². The average Bonchev–Trinajstić information content (AvgIpc) is 4.08. The van der Waals surface area contributed by atoms with E-state index in [0.717, 1.165) is 88.6 Å². The van der Waals surface area contributed by atoms with Crippen LogP contribution in [0.1, 0.15) is 0 Å². The molecule has 6 nitrogen and oxygen atoms in total. The summed E-state index contributed by atoms with van der Waals surface area (Å²) in [5, 5.41) is 7.00. The molecule has 0 amide bonds. The van der Waals surface area contributed by atoms with Gasteiger partial charge in [-0.25, -0.2) is 4.98 Å². The SMILES string of the molecule is c1ccc(-c2ccc(-c3nc(-c4ccc(-c5ccccc5)cc4)nc(-n4c5cccc(-n6c7ccccc7c7ccccc76)c5c5cccc(-n6c7ccccc7c7ccccc76)c54)n3)cc2)cc1. The number of hydrogen-bond donors (Lipinski definition) is 0. The summed E-state index contributed by atoms with van der Waals surface area (Å²) in [5.41, 5.74) is 15.0. The van der Waals surface area contributed by atoms with Crippen LogP contribution in [0.2, 0.25) is 0 Å². The molecule has 0 aliphatic carbocycles. The molecule has 322 valence electrons. The fourth-order valence-corrected chi connectivity index (χ4v) is 10.6. The second-order valence-electron chi connectivity index (χ2n) is 17.6. The third kappa shape index (κ3) is 6.16. The number of hydrogen-bond acceptors (Lipinski definition) is 3. The van der Waals surface area contributed by atoms with E-state index in [1.54, 1.807) is 0 Å². The number of rotatable bonds is 7. The van der Waals surface area contributed by atoms with E-state index >= 15 is 0 Å². The summed E-state index contributed by atoms with van der Waals surface area (Å²) in [6, 6.07) is 86.2. The highest BCUT2D eigenvalue weighted by Gasteiger charge is 2.25. The number of benzene rings is 10. The monoisotopic (exact) mass is 880 g/mol. The topological polar surface area (TPSA) is 53.5 Å². The molecule has 0 aliphatic rings. The van der Waals surface area contributed by atoms with E-state index < -0.39 is 0 Å². The molecule has 10 aromatic carbocycles. The standard InChI is InChI=1S/C63H40N6/c1-3-17-41(18-4-1)43-33-37-45(38-34-43)61-64-62(46-39-35-44(36-40-46)42-19-5-2-6-20-42)66-63(65-61)69-57-31-16-30-56(67-52-26-11-7-21-47(52)48-22-8-12-27-53(48)67)59(57)51-25-15-32-58(60(51)69)68-54-28-13-9-23-49(54)50-24-10-14-29-55(50)68/h1-40H. The molecule has 0 saturated heterocycles. The molecule has 14 rings (SSSR count). The Morgan fingerprint density at radius 1 is 0.232 bits per heavy atom. The first-order valence-corrected chi connectivity index (χ1v) is 23.4. The van der Waals surface area contributed by atoms with Crippen molar-refractivity contribution >= 4 is 65.4 Å². The normalized spacial score (nSPS) is 11.8. The summed E-state index contributed by atoms with van der Waals surface area (Å²) in [4.78, 5) is 16.3. The zero-order chi connectivity index (χ0) is 45.4. The van der Waals surface area contributed by atoms with Crippen LogP contribution in [-0.2, 0) is 0 Å². The summed E-state index contributed by atoms with van der Waals surface area (Å²) in [6.07, 6.45) is 0. The molecule has 69 heavy (non-hydrogen) atoms. The van der Waals surface area contributed by atoms with Gasteiger partial charge in [-0.2, -0.15) is 9.97 Å². The van der Waals surface area contributed by atoms with Crippen molar-refractivity contribution in [3.63, 3.8) is 0 Å². The number of nitrogens with zero attached hydrogens (tertiary/aromatic N) is 6. The van der Waals surface area contributed by atoms with Gasteiger partial charge in [-0.15, -0.1) is 0 Å². The van der Waals surface area contributed by atoms with Gasteiger partial charge in [0.05, 0.1) is 44.5 Å². The van der Waals surface area contributed by atoms with Gasteiger partial charge >= 0.3 is 0 Å². The van der Waals surface area contributed by atoms with Crippen LogP contribution in [0.15, 0.2) is 243 Å². The van der Waals surface area contributed by atoms with E-state index in [9.17, 15) is 0 Å². The Morgan fingerprint density at radius 2 is 0.580 bits per heavy atom. The van der Waals surface area contributed by atoms with E-state index in [4.69, 9.17) is 15.0 Å². The van der Waals surface area contributed by atoms with Gasteiger partial charge in [-0.05, 0) is 64.7 Å². The Kier molecular flexibility index (Phi) is 8.79. The second-order valence-corrected chi connectivity index (χ2v) is 17.6. The highest BCUT2D eigenvalue weighted by molar-refractivity contribution is 6.19. The molecular formula is C63H40N6. The van der Waals surface area contributed by atoms with Gasteiger partial charge in [-0.3, -0.25) is 4.57 Å². The van der Waals surface area contributed by atoms with Crippen molar-refractivity contribution < 1.29 is 0 Å². The Balaban J connectivity index is 1.09. The number of aromatic nitrogens is 6. The molecule has 0 bridgehead atoms. The molecule has 0 saturated carbocycles. The summed E-state index contributed by atoms with van der Waals surface area (Å²) in [6.45, 7) is 0. The van der Waals surface area contributed by atoms with Crippen molar-refractivity contribution in [1.82, 2.24) is 28.7 Å². The summed E-state index contributed by atoms with van der Waals surface area (Å²) < 4.78 is 7.12. The van der Waals surface area contributed by atoms with Gasteiger partial charge < -0.3 is 9.13 Å². The molecule has 0 radical (unpaired) electrons. The molecule has 0 unspecified atom stereocenters. The van der Waals surface area contributed by atoms with Crippen LogP contribution < -0.4 is 0 Å². The van der Waals surface area contributed by atoms with Crippen LogP contribution in [0.5, 0.6) is 0 Å². The van der Waals surface area contributed by atoms with Gasteiger partial charge in [0.1, 0.15) is 0 Å². The first-order valence-electron chi connectivity index (χ1n) is 23.4. The number of fused-ring (bicyclic) bond motifs is 9. The average molecular weight is 881 g/mol. The zero-order valence-corrected chi connectivity index (χ0v) is 37.3. The van der Waals surface area contributed by atoms with Gasteiger partial charge in [-0.1, -0.05) is 200 Å². The van der Waals surface area contributed by atoms with Crippen molar-refractivity contribution in [3.8, 4) is 62.4 Å². The van der Waals surface area contributed by atoms with E-state index in [-0.39, 0.29) is 0 Å². The van der Waals surface area contributed by atoms with Gasteiger partial charge in [0.15, 0.2) is 11.6 Å². The van der Waals surface area contributed by atoms with Crippen LogP contribution in [0.4, 0.5) is 0 Å². The first-order chi connectivity index (χ1) is 34.2. The minimum atomic E-state index is 0.530. The Labute approximate surface area is 397 Å². The second kappa shape index (κ2) is 15.6. The Hall–Kier alpha value is -9.39. The summed E-state index contributed by atoms with van der Waals surface area (Å²) >= 11 is 0. The Morgan fingerprint density at radius 3 is 1.06 bits per heavy atom. The number of para-hydroxylation sites is 5. The minimum Gasteiger partial charge on any atom is -0.309 e. The molecule has 4 heterocycles. The largest absolute Gasteiger partial charge is 0.309 e. The lowest BCUT2D eigenvalue weighted by atomic mass is 10.0. The lowest BCUT2D eigenvalue weighted by Gasteiger charge is -2.15. The van der Waals surface area contributed by atoms with Crippen molar-refractivity contribution in [3.05, 3.63) is 243 Å². The molecule has 0 atom stereocenters. The predicted molar refractivity (Wildman–Crippen MR) is 285 cm³/mol. The zero-order valence-electron chi connectivity index (χ0n) is 37.3. The summed E-state index contributed by atoms with van der Waals surface area (Å²) in [7, 11) is 0. The molecule has 0 spiro atoms. The predicted octanol–water partition coefficient (Wildman–Crippen LogP) is 15.8. The van der Waals surface area contributed by atoms with E-state index in [1.807, 2.05) is 12.1 Å². The van der Waals surface area contributed by atoms with Crippen molar-refractivity contribution in [1.29, 1.82) is 0 Å². The van der Waals surface area contributed by atoms with Crippen molar-refractivity contribution in [2.45, 2.75) is 0 Å². The molecule has 6 heteroatoms. The van der Waals surface area contributed by atoms with Crippen LogP contribution in [-0.4, -0.2) is 28.7 Å². The van der Waals surface area contributed by atoms with Crippen LogP contribution in [0.3, 0.4) is 0 Å². The first kappa shape index (κ1) is 38.8. The lowest BCUT2D eigenvalue weighted by Crippen LogP contribution is -2.08. The van der Waals surface area contributed by atoms with Gasteiger partial charge in [0, 0.05) is 43.4 Å². The maximum atomic E-state index is 5.50. The summed E-state index contributed by atoms with van der Waals surface area (Å²) in [5.74, 6) is 1.70. The third-order valence-electron chi connectivity index (χ3n) is 13.7. The quantitative estimate of drug-likeness (QED) is 0.160. The molecule has 0 N–H and O–H groups in total. The van der Waals surface area contributed by atoms with Crippen LogP contribution in [0.25, 0.3) is 128 Å². The molecule has 0 aliphatic heterocycles.